The molecule has 0 heterocycles. The number of hydrogen-bond acceptors (Lipinski definition) is 0. The number of hydrogen-bond donors (Lipinski definition) is 0. The van der Waals surface area contributed by atoms with Crippen molar-refractivity contribution in [3.63, 3.8) is 0 Å². The molecular weight excluding hydrogens is 84.1 g/mol. The Bertz CT molecular complexity index is 92.6. The largest absolute Gasteiger partial charge is 0.129 e. The summed E-state index contributed by atoms with van der Waals surface area (Å²) in [6.07, 6.45) is 6.87. The Morgan fingerprint density at radius 3 is 2.86 bits per heavy atom. The molecule has 0 aliphatic heterocycles. The molecule has 0 amide bonds. The van der Waals surface area contributed by atoms with Crippen LogP contribution < -0.4 is 0 Å². The van der Waals surface area contributed by atoms with Gasteiger partial charge in [-0.05, 0) is 12.5 Å². The normalized spacial score (nSPS) is 8.71. The van der Waals surface area contributed by atoms with Gasteiger partial charge in [0.15, 0.2) is 0 Å². The maximum absolute atomic E-state index is 3.40. The summed E-state index contributed by atoms with van der Waals surface area (Å²) in [5.74, 6) is 0. The van der Waals surface area contributed by atoms with Crippen molar-refractivity contribution in [1.82, 2.24) is 0 Å². The van der Waals surface area contributed by atoms with Gasteiger partial charge in [0.2, 0.25) is 0 Å². The molecular formula is C7H10. The van der Waals surface area contributed by atoms with Crippen LogP contribution in [0.2, 0.25) is 0 Å². The molecule has 38 valence electrons. The zero-order valence-corrected chi connectivity index (χ0v) is 4.65. The van der Waals surface area contributed by atoms with Gasteiger partial charge in [0, 0.05) is 0 Å². The summed E-state index contributed by atoms with van der Waals surface area (Å²) in [7, 11) is 0. The fraction of sp³-hybridized carbons (Fsp3) is 0.286. The highest BCUT2D eigenvalue weighted by Crippen LogP contribution is 1.77. The van der Waals surface area contributed by atoms with Crippen LogP contribution in [0.1, 0.15) is 13.3 Å². The average Bonchev–Trinajstić information content (AvgIpc) is 1.69. The van der Waals surface area contributed by atoms with Gasteiger partial charge in [-0.1, -0.05) is 25.7 Å². The molecule has 0 aromatic rings. The summed E-state index contributed by atoms with van der Waals surface area (Å²) in [6.45, 7) is 5.49. The first kappa shape index (κ1) is 6.26. The average molecular weight is 94.2 g/mol. The van der Waals surface area contributed by atoms with Crippen LogP contribution in [0.5, 0.6) is 0 Å². The Kier molecular flexibility index (Phi) is 4.70. The van der Waals surface area contributed by atoms with Gasteiger partial charge in [0.25, 0.3) is 0 Å². The van der Waals surface area contributed by atoms with E-state index in [0.29, 0.717) is 0 Å². The van der Waals surface area contributed by atoms with E-state index in [-0.39, 0.29) is 0 Å². The Hall–Kier alpha value is -0.740. The van der Waals surface area contributed by atoms with E-state index in [0.717, 1.165) is 6.42 Å². The van der Waals surface area contributed by atoms with Gasteiger partial charge in [-0.15, -0.1) is 5.73 Å². The van der Waals surface area contributed by atoms with Crippen molar-refractivity contribution in [2.45, 2.75) is 13.3 Å². The summed E-state index contributed by atoms with van der Waals surface area (Å²) in [5, 5.41) is 0. The maximum atomic E-state index is 3.40. The van der Waals surface area contributed by atoms with E-state index in [9.17, 15) is 0 Å². The molecule has 0 rings (SSSR count). The van der Waals surface area contributed by atoms with Crippen molar-refractivity contribution in [3.05, 3.63) is 30.5 Å². The first-order valence-electron chi connectivity index (χ1n) is 2.42. The molecule has 0 spiro atoms. The highest BCUT2D eigenvalue weighted by molar-refractivity contribution is 4.99. The molecule has 0 N–H and O–H groups in total. The molecule has 0 saturated carbocycles. The minimum atomic E-state index is 1.08. The summed E-state index contributed by atoms with van der Waals surface area (Å²) in [6, 6.07) is 0. The predicted octanol–water partition coefficient (Wildman–Crippen LogP) is 2.29. The molecule has 0 aliphatic carbocycles. The number of allylic oxidation sites excluding steroid dienone is 3. The first-order chi connectivity index (χ1) is 3.41. The van der Waals surface area contributed by atoms with Crippen LogP contribution in [0, 0.1) is 0 Å². The monoisotopic (exact) mass is 94.1 g/mol. The first-order valence-corrected chi connectivity index (χ1v) is 2.42. The zero-order chi connectivity index (χ0) is 5.54. The Morgan fingerprint density at radius 2 is 2.43 bits per heavy atom. The van der Waals surface area contributed by atoms with E-state index in [1.807, 2.05) is 6.08 Å². The van der Waals surface area contributed by atoms with Gasteiger partial charge in [0.1, 0.15) is 0 Å². The van der Waals surface area contributed by atoms with E-state index in [1.54, 1.807) is 6.08 Å². The molecule has 0 aromatic heterocycles. The van der Waals surface area contributed by atoms with Gasteiger partial charge in [-0.25, -0.2) is 0 Å². The second-order valence-electron chi connectivity index (χ2n) is 1.21. The molecule has 0 nitrogen and oxygen atoms in total. The molecule has 0 fully saturated rings. The molecule has 0 unspecified atom stereocenters. The lowest BCUT2D eigenvalue weighted by Crippen LogP contribution is -1.47. The molecule has 0 aliphatic rings. The zero-order valence-electron chi connectivity index (χ0n) is 4.65. The minimum Gasteiger partial charge on any atom is -0.129 e. The van der Waals surface area contributed by atoms with Crippen molar-refractivity contribution in [3.8, 4) is 0 Å². The van der Waals surface area contributed by atoms with Crippen molar-refractivity contribution >= 4 is 0 Å². The second kappa shape index (κ2) is 5.26. The fourth-order valence-electron chi connectivity index (χ4n) is 0.272. The smallest absolute Gasteiger partial charge is 0.0209 e. The van der Waals surface area contributed by atoms with Crippen LogP contribution in [-0.2, 0) is 0 Å². The van der Waals surface area contributed by atoms with E-state index >= 15 is 0 Å². The van der Waals surface area contributed by atoms with E-state index in [4.69, 9.17) is 0 Å². The van der Waals surface area contributed by atoms with Crippen LogP contribution in [0.3, 0.4) is 0 Å². The lowest BCUT2D eigenvalue weighted by molar-refractivity contribution is 1.22. The lowest BCUT2D eigenvalue weighted by atomic mass is 10.4. The third-order valence-electron chi connectivity index (χ3n) is 0.586. The molecule has 0 bridgehead atoms. The molecule has 0 radical (unpaired) electrons. The lowest BCUT2D eigenvalue weighted by Gasteiger charge is -1.68. The summed E-state index contributed by atoms with van der Waals surface area (Å²) in [4.78, 5) is 0. The van der Waals surface area contributed by atoms with Crippen molar-refractivity contribution in [2.24, 2.45) is 0 Å². The van der Waals surface area contributed by atoms with Gasteiger partial charge >= 0.3 is 0 Å². The SMILES string of the molecule is C=C=CC=CCC. The van der Waals surface area contributed by atoms with Crippen LogP contribution in [0.15, 0.2) is 30.5 Å². The Labute approximate surface area is 44.9 Å². The van der Waals surface area contributed by atoms with Crippen molar-refractivity contribution < 1.29 is 0 Å². The highest BCUT2D eigenvalue weighted by atomic mass is 13.6. The van der Waals surface area contributed by atoms with Gasteiger partial charge in [0.05, 0.1) is 0 Å². The molecule has 0 aromatic carbocycles. The Balaban J connectivity index is 3.27. The van der Waals surface area contributed by atoms with Crippen LogP contribution in [0.4, 0.5) is 0 Å². The van der Waals surface area contributed by atoms with Crippen molar-refractivity contribution in [1.29, 1.82) is 0 Å². The van der Waals surface area contributed by atoms with E-state index in [2.05, 4.69) is 25.3 Å². The van der Waals surface area contributed by atoms with Crippen molar-refractivity contribution in [2.75, 3.05) is 0 Å². The van der Waals surface area contributed by atoms with Crippen LogP contribution in [0.25, 0.3) is 0 Å². The number of rotatable bonds is 2. The Morgan fingerprint density at radius 1 is 1.71 bits per heavy atom. The summed E-state index contributed by atoms with van der Waals surface area (Å²) < 4.78 is 0. The third kappa shape index (κ3) is 5.26. The van der Waals surface area contributed by atoms with Gasteiger partial charge in [-0.3, -0.25) is 0 Å². The van der Waals surface area contributed by atoms with Gasteiger partial charge in [-0.2, -0.15) is 0 Å². The highest BCUT2D eigenvalue weighted by Gasteiger charge is 1.56. The van der Waals surface area contributed by atoms with Crippen LogP contribution in [-0.4, -0.2) is 0 Å². The molecule has 0 atom stereocenters. The predicted molar refractivity (Wildman–Crippen MR) is 33.1 cm³/mol. The fourth-order valence-corrected chi connectivity index (χ4v) is 0.272. The quantitative estimate of drug-likeness (QED) is 0.364. The molecule has 0 saturated heterocycles. The summed E-state index contributed by atoms with van der Waals surface area (Å²) >= 11 is 0. The maximum Gasteiger partial charge on any atom is -0.0209 e. The minimum absolute atomic E-state index is 1.08. The van der Waals surface area contributed by atoms with Gasteiger partial charge < -0.3 is 0 Å². The third-order valence-corrected chi connectivity index (χ3v) is 0.586. The van der Waals surface area contributed by atoms with E-state index < -0.39 is 0 Å². The van der Waals surface area contributed by atoms with E-state index in [1.165, 1.54) is 0 Å². The topological polar surface area (TPSA) is 0 Å². The molecule has 0 heteroatoms. The van der Waals surface area contributed by atoms with Crippen LogP contribution >= 0.6 is 0 Å². The summed E-state index contributed by atoms with van der Waals surface area (Å²) in [5.41, 5.74) is 2.64. The standard InChI is InChI=1S/C7H10/c1-3-5-7-6-4-2/h5-7H,1,4H2,2H3. The molecule has 7 heavy (non-hydrogen) atoms. The second-order valence-corrected chi connectivity index (χ2v) is 1.21.